The predicted molar refractivity (Wildman–Crippen MR) is 144 cm³/mol. The second-order valence-electron chi connectivity index (χ2n) is 9.30. The Morgan fingerprint density at radius 3 is 2.42 bits per heavy atom. The molecule has 0 amide bonds. The van der Waals surface area contributed by atoms with E-state index in [0.29, 0.717) is 12.1 Å². The average molecular weight is 433 g/mol. The number of hydrogen-bond donors (Lipinski definition) is 2. The molecule has 0 aliphatic heterocycles. The number of nitrogens with one attached hydrogen (secondary N) is 1. The van der Waals surface area contributed by atoms with Crippen LogP contribution in [0.4, 0.5) is 5.69 Å². The van der Waals surface area contributed by atoms with Gasteiger partial charge in [0.15, 0.2) is 0 Å². The number of nitrogens with two attached hydrogens (primary N) is 1. The van der Waals surface area contributed by atoms with Crippen LogP contribution in [0.2, 0.25) is 0 Å². The Morgan fingerprint density at radius 2 is 1.73 bits per heavy atom. The number of aryl methyl sites for hydroxylation is 4. The first kappa shape index (κ1) is 22.5. The van der Waals surface area contributed by atoms with Crippen LogP contribution in [-0.2, 0) is 6.42 Å². The zero-order chi connectivity index (χ0) is 23.9. The van der Waals surface area contributed by atoms with Gasteiger partial charge in [0.1, 0.15) is 0 Å². The van der Waals surface area contributed by atoms with Gasteiger partial charge >= 0.3 is 0 Å². The summed E-state index contributed by atoms with van der Waals surface area (Å²) in [5, 5.41) is 7.65. The van der Waals surface area contributed by atoms with Gasteiger partial charge in [0, 0.05) is 17.5 Å². The molecule has 166 valence electrons. The summed E-state index contributed by atoms with van der Waals surface area (Å²) < 4.78 is 0. The highest BCUT2D eigenvalue weighted by Gasteiger charge is 2.25. The Kier molecular flexibility index (Phi) is 5.95. The van der Waals surface area contributed by atoms with Gasteiger partial charge in [-0.2, -0.15) is 0 Å². The lowest BCUT2D eigenvalue weighted by molar-refractivity contribution is 1.14. The highest BCUT2D eigenvalue weighted by molar-refractivity contribution is 5.97. The van der Waals surface area contributed by atoms with Gasteiger partial charge in [-0.1, -0.05) is 55.1 Å². The van der Waals surface area contributed by atoms with Crippen molar-refractivity contribution in [1.29, 1.82) is 5.41 Å². The summed E-state index contributed by atoms with van der Waals surface area (Å²) in [7, 11) is 0. The molecule has 2 nitrogen and oxygen atoms in total. The molecule has 3 aromatic carbocycles. The standard InChI is InChI=1S/C31H32N2/c1-18-11-22(5)31-23(6)28(14-21(4)24-9-10-30(33)27(15-24)17-32)29(16-26(31)12-18)25-8-7-19(2)20(3)13-25/h7-13,15,17,32H,4,6,14,16,33H2,1-3,5H3. The molecule has 1 aliphatic carbocycles. The van der Waals surface area contributed by atoms with Crippen molar-refractivity contribution in [2.45, 2.75) is 40.5 Å². The van der Waals surface area contributed by atoms with Crippen LogP contribution in [0.5, 0.6) is 0 Å². The topological polar surface area (TPSA) is 49.9 Å². The molecule has 0 aromatic heterocycles. The molecule has 4 rings (SSSR count). The molecular formula is C31H32N2. The summed E-state index contributed by atoms with van der Waals surface area (Å²) in [6.45, 7) is 17.7. The number of rotatable bonds is 5. The first-order valence-corrected chi connectivity index (χ1v) is 11.4. The number of allylic oxidation sites excluding steroid dienone is 4. The van der Waals surface area contributed by atoms with Crippen LogP contribution < -0.4 is 5.73 Å². The van der Waals surface area contributed by atoms with E-state index in [4.69, 9.17) is 11.1 Å². The number of nitrogen functional groups attached to an aromatic ring is 1. The minimum absolute atomic E-state index is 0.610. The van der Waals surface area contributed by atoms with Crippen LogP contribution in [-0.4, -0.2) is 6.21 Å². The molecule has 33 heavy (non-hydrogen) atoms. The van der Waals surface area contributed by atoms with Crippen molar-refractivity contribution in [3.8, 4) is 0 Å². The normalized spacial score (nSPS) is 13.2. The van der Waals surface area contributed by atoms with E-state index in [-0.39, 0.29) is 0 Å². The molecule has 2 heteroatoms. The van der Waals surface area contributed by atoms with E-state index in [2.05, 4.69) is 71.2 Å². The van der Waals surface area contributed by atoms with Crippen molar-refractivity contribution in [3.63, 3.8) is 0 Å². The van der Waals surface area contributed by atoms with E-state index in [1.807, 2.05) is 18.2 Å². The molecule has 0 saturated heterocycles. The molecule has 0 atom stereocenters. The van der Waals surface area contributed by atoms with Crippen molar-refractivity contribution in [2.24, 2.45) is 0 Å². The quantitative estimate of drug-likeness (QED) is 0.316. The van der Waals surface area contributed by atoms with Crippen LogP contribution in [0.3, 0.4) is 0 Å². The second-order valence-corrected chi connectivity index (χ2v) is 9.30. The Bertz CT molecular complexity index is 1350. The summed E-state index contributed by atoms with van der Waals surface area (Å²) >= 11 is 0. The van der Waals surface area contributed by atoms with Crippen molar-refractivity contribution >= 4 is 28.6 Å². The maximum Gasteiger partial charge on any atom is 0.0403 e. The number of benzene rings is 3. The van der Waals surface area contributed by atoms with Crippen LogP contribution >= 0.6 is 0 Å². The molecule has 0 fully saturated rings. The number of fused-ring (bicyclic) bond motifs is 1. The van der Waals surface area contributed by atoms with Gasteiger partial charge in [0.05, 0.1) is 0 Å². The summed E-state index contributed by atoms with van der Waals surface area (Å²) in [6, 6.07) is 17.1. The van der Waals surface area contributed by atoms with Crippen LogP contribution in [0.25, 0.3) is 16.7 Å². The van der Waals surface area contributed by atoms with E-state index < -0.39 is 0 Å². The Morgan fingerprint density at radius 1 is 0.970 bits per heavy atom. The molecule has 3 N–H and O–H groups in total. The third-order valence-electron chi connectivity index (χ3n) is 6.86. The molecule has 0 saturated carbocycles. The Balaban J connectivity index is 1.85. The zero-order valence-corrected chi connectivity index (χ0v) is 20.1. The molecule has 0 unspecified atom stereocenters. The largest absolute Gasteiger partial charge is 0.398 e. The maximum absolute atomic E-state index is 7.65. The van der Waals surface area contributed by atoms with E-state index in [1.165, 1.54) is 56.3 Å². The van der Waals surface area contributed by atoms with Crippen molar-refractivity contribution in [3.05, 3.63) is 117 Å². The lowest BCUT2D eigenvalue weighted by Gasteiger charge is -2.29. The third-order valence-corrected chi connectivity index (χ3v) is 6.86. The van der Waals surface area contributed by atoms with Crippen molar-refractivity contribution in [2.75, 3.05) is 5.73 Å². The fourth-order valence-corrected chi connectivity index (χ4v) is 4.91. The van der Waals surface area contributed by atoms with Crippen molar-refractivity contribution in [1.82, 2.24) is 0 Å². The van der Waals surface area contributed by atoms with Crippen molar-refractivity contribution < 1.29 is 0 Å². The monoisotopic (exact) mass is 432 g/mol. The molecule has 0 radical (unpaired) electrons. The van der Waals surface area contributed by atoms with Gasteiger partial charge in [-0.25, -0.2) is 0 Å². The van der Waals surface area contributed by atoms with Crippen LogP contribution in [0.15, 0.2) is 67.3 Å². The SMILES string of the molecule is C=C(CC1=C(c2ccc(C)c(C)c2)Cc2cc(C)cc(C)c2C1=C)c1ccc(N)c(C=N)c1. The predicted octanol–water partition coefficient (Wildman–Crippen LogP) is 7.63. The van der Waals surface area contributed by atoms with Crippen LogP contribution in [0, 0.1) is 33.1 Å². The molecule has 1 aliphatic rings. The summed E-state index contributed by atoms with van der Waals surface area (Å²) in [5.74, 6) is 0. The van der Waals surface area contributed by atoms with E-state index in [1.54, 1.807) is 0 Å². The lowest BCUT2D eigenvalue weighted by atomic mass is 9.75. The number of anilines is 1. The Hall–Kier alpha value is -3.65. The van der Waals surface area contributed by atoms with Gasteiger partial charge in [0.25, 0.3) is 0 Å². The second kappa shape index (κ2) is 8.71. The smallest absolute Gasteiger partial charge is 0.0403 e. The Labute approximate surface area is 197 Å². The minimum Gasteiger partial charge on any atom is -0.398 e. The van der Waals surface area contributed by atoms with Gasteiger partial charge in [-0.05, 0) is 114 Å². The van der Waals surface area contributed by atoms with E-state index in [9.17, 15) is 0 Å². The summed E-state index contributed by atoms with van der Waals surface area (Å²) in [6.07, 6.45) is 2.89. The molecule has 0 heterocycles. The molecule has 0 spiro atoms. The van der Waals surface area contributed by atoms with Crippen LogP contribution in [0.1, 0.15) is 56.5 Å². The fourth-order valence-electron chi connectivity index (χ4n) is 4.91. The van der Waals surface area contributed by atoms with E-state index >= 15 is 0 Å². The summed E-state index contributed by atoms with van der Waals surface area (Å²) in [4.78, 5) is 0. The fraction of sp³-hybridized carbons (Fsp3) is 0.194. The first-order chi connectivity index (χ1) is 15.7. The van der Waals surface area contributed by atoms with Gasteiger partial charge in [-0.15, -0.1) is 0 Å². The zero-order valence-electron chi connectivity index (χ0n) is 20.1. The minimum atomic E-state index is 0.610. The third kappa shape index (κ3) is 4.21. The highest BCUT2D eigenvalue weighted by Crippen LogP contribution is 2.44. The first-order valence-electron chi connectivity index (χ1n) is 11.4. The maximum atomic E-state index is 7.65. The molecular weight excluding hydrogens is 400 g/mol. The van der Waals surface area contributed by atoms with Gasteiger partial charge in [0.2, 0.25) is 0 Å². The van der Waals surface area contributed by atoms with Gasteiger partial charge < -0.3 is 11.1 Å². The molecule has 0 bridgehead atoms. The molecule has 3 aromatic rings. The van der Waals surface area contributed by atoms with E-state index in [0.717, 1.165) is 28.7 Å². The number of hydrogen-bond acceptors (Lipinski definition) is 2. The summed E-state index contributed by atoms with van der Waals surface area (Å²) in [5.41, 5.74) is 22.0. The average Bonchev–Trinajstić information content (AvgIpc) is 2.77. The van der Waals surface area contributed by atoms with Gasteiger partial charge in [-0.3, -0.25) is 0 Å². The highest BCUT2D eigenvalue weighted by atomic mass is 14.6. The lowest BCUT2D eigenvalue weighted by Crippen LogP contribution is -2.10.